The third-order valence-corrected chi connectivity index (χ3v) is 3.87. The largest absolute Gasteiger partial charge is 0.444 e. The molecular weight excluding hydrogens is 330 g/mol. The molecule has 0 fully saturated rings. The summed E-state index contributed by atoms with van der Waals surface area (Å²) in [6.45, 7) is 1.75. The number of hydrogen-bond donors (Lipinski definition) is 2. The molecule has 0 spiro atoms. The molecule has 26 heavy (non-hydrogen) atoms. The summed E-state index contributed by atoms with van der Waals surface area (Å²) in [4.78, 5) is 28.5. The second-order valence-electron chi connectivity index (χ2n) is 5.70. The second-order valence-corrected chi connectivity index (χ2v) is 5.70. The number of nitrogens with one attached hydrogen (secondary N) is 2. The molecule has 6 heteroatoms. The second kappa shape index (κ2) is 8.11. The van der Waals surface area contributed by atoms with Crippen LogP contribution in [0.4, 0.5) is 5.69 Å². The van der Waals surface area contributed by atoms with Crippen molar-refractivity contribution < 1.29 is 14.0 Å². The van der Waals surface area contributed by atoms with E-state index in [-0.39, 0.29) is 11.8 Å². The molecular formula is C20H19N3O3. The lowest BCUT2D eigenvalue weighted by molar-refractivity contribution is -0.126. The average molecular weight is 349 g/mol. The van der Waals surface area contributed by atoms with Crippen LogP contribution >= 0.6 is 0 Å². The van der Waals surface area contributed by atoms with Crippen LogP contribution in [0, 0.1) is 0 Å². The molecule has 1 heterocycles. The van der Waals surface area contributed by atoms with Gasteiger partial charge in [-0.15, -0.1) is 0 Å². The van der Waals surface area contributed by atoms with Gasteiger partial charge in [0.15, 0.2) is 12.2 Å². The van der Waals surface area contributed by atoms with Gasteiger partial charge in [-0.05, 0) is 17.7 Å². The van der Waals surface area contributed by atoms with E-state index < -0.39 is 6.04 Å². The molecule has 2 aromatic carbocycles. The zero-order valence-corrected chi connectivity index (χ0v) is 14.3. The van der Waals surface area contributed by atoms with E-state index in [1.807, 2.05) is 42.5 Å². The maximum absolute atomic E-state index is 12.8. The first-order valence-electron chi connectivity index (χ1n) is 8.31. The molecule has 1 unspecified atom stereocenters. The number of carbonyl (C=O) groups excluding carboxylic acids is 2. The quantitative estimate of drug-likeness (QED) is 0.713. The predicted molar refractivity (Wildman–Crippen MR) is 98.2 cm³/mol. The molecule has 0 radical (unpaired) electrons. The summed E-state index contributed by atoms with van der Waals surface area (Å²) in [5, 5.41) is 5.62. The van der Waals surface area contributed by atoms with Crippen LogP contribution in [0.2, 0.25) is 0 Å². The van der Waals surface area contributed by atoms with Crippen LogP contribution in [0.3, 0.4) is 0 Å². The first-order valence-corrected chi connectivity index (χ1v) is 8.31. The van der Waals surface area contributed by atoms with E-state index in [0.29, 0.717) is 17.9 Å². The highest BCUT2D eigenvalue weighted by molar-refractivity contribution is 5.98. The van der Waals surface area contributed by atoms with Crippen LogP contribution in [0.1, 0.15) is 24.9 Å². The lowest BCUT2D eigenvalue weighted by Crippen LogP contribution is -2.36. The molecule has 3 aromatic rings. The number of aromatic nitrogens is 1. The van der Waals surface area contributed by atoms with Crippen molar-refractivity contribution in [1.82, 2.24) is 10.3 Å². The Morgan fingerprint density at radius 1 is 1.12 bits per heavy atom. The van der Waals surface area contributed by atoms with Crippen molar-refractivity contribution >= 4 is 17.5 Å². The molecule has 6 nitrogen and oxygen atoms in total. The van der Waals surface area contributed by atoms with Crippen molar-refractivity contribution in [2.45, 2.75) is 19.4 Å². The summed E-state index contributed by atoms with van der Waals surface area (Å²) in [6, 6.07) is 15.6. The summed E-state index contributed by atoms with van der Waals surface area (Å²) in [5.41, 5.74) is 2.13. The number of hydrogen-bond acceptors (Lipinski definition) is 4. The topological polar surface area (TPSA) is 84.2 Å². The van der Waals surface area contributed by atoms with Gasteiger partial charge in [-0.25, -0.2) is 4.98 Å². The first kappa shape index (κ1) is 17.4. The van der Waals surface area contributed by atoms with Crippen LogP contribution in [0.25, 0.3) is 11.3 Å². The SMILES string of the molecule is CCC(=O)NC(C(=O)Nc1cccc(-c2cnco2)c1)c1ccccc1. The number of rotatable bonds is 6. The monoisotopic (exact) mass is 349 g/mol. The van der Waals surface area contributed by atoms with E-state index in [1.54, 1.807) is 25.3 Å². The first-order chi connectivity index (χ1) is 12.7. The highest BCUT2D eigenvalue weighted by Gasteiger charge is 2.22. The van der Waals surface area contributed by atoms with Crippen molar-refractivity contribution in [3.05, 3.63) is 72.8 Å². The van der Waals surface area contributed by atoms with Crippen LogP contribution in [-0.4, -0.2) is 16.8 Å². The van der Waals surface area contributed by atoms with Crippen LogP contribution in [0.15, 0.2) is 71.6 Å². The lowest BCUT2D eigenvalue weighted by atomic mass is 10.1. The minimum atomic E-state index is -0.766. The van der Waals surface area contributed by atoms with Crippen LogP contribution < -0.4 is 10.6 Å². The van der Waals surface area contributed by atoms with Crippen molar-refractivity contribution in [3.8, 4) is 11.3 Å². The fourth-order valence-electron chi connectivity index (χ4n) is 2.53. The summed E-state index contributed by atoms with van der Waals surface area (Å²) in [6.07, 6.45) is 3.26. The number of nitrogens with zero attached hydrogens (tertiary/aromatic N) is 1. The van der Waals surface area contributed by atoms with Gasteiger partial charge in [0.1, 0.15) is 6.04 Å². The highest BCUT2D eigenvalue weighted by atomic mass is 16.3. The van der Waals surface area contributed by atoms with E-state index in [1.165, 1.54) is 6.39 Å². The molecule has 0 aliphatic carbocycles. The molecule has 1 atom stereocenters. The summed E-state index contributed by atoms with van der Waals surface area (Å²) < 4.78 is 5.28. The number of carbonyl (C=O) groups is 2. The van der Waals surface area contributed by atoms with E-state index >= 15 is 0 Å². The Kier molecular flexibility index (Phi) is 5.43. The smallest absolute Gasteiger partial charge is 0.251 e. The highest BCUT2D eigenvalue weighted by Crippen LogP contribution is 2.23. The molecule has 0 bridgehead atoms. The van der Waals surface area contributed by atoms with Gasteiger partial charge >= 0.3 is 0 Å². The van der Waals surface area contributed by atoms with Crippen molar-refractivity contribution in [2.24, 2.45) is 0 Å². The Labute approximate surface area is 151 Å². The number of oxazole rings is 1. The van der Waals surface area contributed by atoms with Gasteiger partial charge in [0.05, 0.1) is 6.20 Å². The molecule has 3 rings (SSSR count). The number of anilines is 1. The minimum absolute atomic E-state index is 0.190. The van der Waals surface area contributed by atoms with E-state index in [0.717, 1.165) is 11.1 Å². The molecule has 2 N–H and O–H groups in total. The van der Waals surface area contributed by atoms with E-state index in [2.05, 4.69) is 15.6 Å². The van der Waals surface area contributed by atoms with Crippen molar-refractivity contribution in [1.29, 1.82) is 0 Å². The van der Waals surface area contributed by atoms with Crippen LogP contribution in [0.5, 0.6) is 0 Å². The van der Waals surface area contributed by atoms with Gasteiger partial charge in [-0.2, -0.15) is 0 Å². The molecule has 1 aromatic heterocycles. The molecule has 0 saturated heterocycles. The normalized spacial score (nSPS) is 11.6. The fourth-order valence-corrected chi connectivity index (χ4v) is 2.53. The predicted octanol–water partition coefficient (Wildman–Crippen LogP) is 3.55. The Morgan fingerprint density at radius 3 is 2.62 bits per heavy atom. The van der Waals surface area contributed by atoms with E-state index in [9.17, 15) is 9.59 Å². The van der Waals surface area contributed by atoms with Gasteiger partial charge in [0, 0.05) is 17.7 Å². The molecule has 0 aliphatic heterocycles. The number of amides is 2. The Balaban J connectivity index is 1.81. The number of benzene rings is 2. The summed E-state index contributed by atoms with van der Waals surface area (Å²) in [5.74, 6) is 0.108. The fraction of sp³-hybridized carbons (Fsp3) is 0.150. The summed E-state index contributed by atoms with van der Waals surface area (Å²) >= 11 is 0. The molecule has 132 valence electrons. The summed E-state index contributed by atoms with van der Waals surface area (Å²) in [7, 11) is 0. The maximum atomic E-state index is 12.8. The van der Waals surface area contributed by atoms with Gasteiger partial charge < -0.3 is 15.1 Å². The van der Waals surface area contributed by atoms with Gasteiger partial charge in [0.25, 0.3) is 5.91 Å². The minimum Gasteiger partial charge on any atom is -0.444 e. The lowest BCUT2D eigenvalue weighted by Gasteiger charge is -2.19. The Bertz CT molecular complexity index is 876. The Hall–Kier alpha value is -3.41. The molecule has 0 saturated carbocycles. The standard InChI is InChI=1S/C20H19N3O3/c1-2-18(24)23-19(14-7-4-3-5-8-14)20(25)22-16-10-6-9-15(11-16)17-12-21-13-26-17/h3-13,19H,2H2,1H3,(H,22,25)(H,23,24). The van der Waals surface area contributed by atoms with Gasteiger partial charge in [0.2, 0.25) is 5.91 Å². The average Bonchev–Trinajstić information content (AvgIpc) is 3.21. The van der Waals surface area contributed by atoms with Gasteiger partial charge in [-0.1, -0.05) is 49.4 Å². The third-order valence-electron chi connectivity index (χ3n) is 3.87. The van der Waals surface area contributed by atoms with Gasteiger partial charge in [-0.3, -0.25) is 9.59 Å². The van der Waals surface area contributed by atoms with Crippen molar-refractivity contribution in [2.75, 3.05) is 5.32 Å². The third kappa shape index (κ3) is 4.16. The van der Waals surface area contributed by atoms with E-state index in [4.69, 9.17) is 4.42 Å². The zero-order chi connectivity index (χ0) is 18.4. The molecule has 0 aliphatic rings. The molecule has 2 amide bonds. The zero-order valence-electron chi connectivity index (χ0n) is 14.3. The maximum Gasteiger partial charge on any atom is 0.251 e. The van der Waals surface area contributed by atoms with Crippen molar-refractivity contribution in [3.63, 3.8) is 0 Å². The Morgan fingerprint density at radius 2 is 1.92 bits per heavy atom. The van der Waals surface area contributed by atoms with Crippen LogP contribution in [-0.2, 0) is 9.59 Å².